The monoisotopic (exact) mass is 433 g/mol. The van der Waals surface area contributed by atoms with Gasteiger partial charge in [0.1, 0.15) is 23.5 Å². The number of benzene rings is 1. The van der Waals surface area contributed by atoms with Gasteiger partial charge in [-0.2, -0.15) is 5.26 Å². The molecule has 0 radical (unpaired) electrons. The van der Waals surface area contributed by atoms with Crippen molar-refractivity contribution < 1.29 is 14.3 Å². The summed E-state index contributed by atoms with van der Waals surface area (Å²) in [5, 5.41) is 15.8. The van der Waals surface area contributed by atoms with Gasteiger partial charge in [0, 0.05) is 29.2 Å². The number of pyridine rings is 1. The minimum atomic E-state index is -0.782. The lowest BCUT2D eigenvalue weighted by atomic mass is 10.0. The molecule has 0 saturated carbocycles. The van der Waals surface area contributed by atoms with Gasteiger partial charge in [-0.05, 0) is 42.7 Å². The number of methoxy groups -OCH3 is 1. The SMILES string of the molecule is COc1cccc2[nH]c(C(=O)N[C@@H](CC(C)C)C(=O)N[C@H](C#N)Cc3ccccn3)cc12. The largest absolute Gasteiger partial charge is 0.496 e. The number of amides is 2. The van der Waals surface area contributed by atoms with Crippen molar-refractivity contribution in [3.63, 3.8) is 0 Å². The quantitative estimate of drug-likeness (QED) is 0.479. The normalized spacial score (nSPS) is 12.7. The van der Waals surface area contributed by atoms with Crippen LogP contribution in [0, 0.1) is 17.2 Å². The highest BCUT2D eigenvalue weighted by atomic mass is 16.5. The molecule has 3 rings (SSSR count). The van der Waals surface area contributed by atoms with E-state index >= 15 is 0 Å². The number of H-pyrrole nitrogens is 1. The maximum absolute atomic E-state index is 13.0. The van der Waals surface area contributed by atoms with Crippen molar-refractivity contribution in [1.29, 1.82) is 5.26 Å². The molecule has 0 saturated heterocycles. The number of aromatic amines is 1. The molecule has 0 fully saturated rings. The van der Waals surface area contributed by atoms with Gasteiger partial charge < -0.3 is 20.4 Å². The van der Waals surface area contributed by atoms with Gasteiger partial charge in [0.2, 0.25) is 5.91 Å². The lowest BCUT2D eigenvalue weighted by Gasteiger charge is -2.21. The second-order valence-corrected chi connectivity index (χ2v) is 7.98. The number of nitriles is 1. The Bertz CT molecular complexity index is 1120. The van der Waals surface area contributed by atoms with Crippen LogP contribution in [0.1, 0.15) is 36.5 Å². The Morgan fingerprint density at radius 2 is 2.00 bits per heavy atom. The predicted octanol–water partition coefficient (Wildman–Crippen LogP) is 2.97. The molecule has 2 heterocycles. The van der Waals surface area contributed by atoms with Crippen LogP contribution in [0.15, 0.2) is 48.7 Å². The first-order chi connectivity index (χ1) is 15.4. The van der Waals surface area contributed by atoms with E-state index in [2.05, 4.69) is 26.7 Å². The van der Waals surface area contributed by atoms with E-state index in [1.807, 2.05) is 38.1 Å². The van der Waals surface area contributed by atoms with E-state index in [1.165, 1.54) is 0 Å². The van der Waals surface area contributed by atoms with E-state index in [1.54, 1.807) is 31.5 Å². The van der Waals surface area contributed by atoms with Crippen LogP contribution in [0.5, 0.6) is 5.75 Å². The Morgan fingerprint density at radius 1 is 1.19 bits per heavy atom. The number of carbonyl (C=O) groups excluding carboxylic acids is 2. The van der Waals surface area contributed by atoms with Gasteiger partial charge in [0.05, 0.1) is 13.2 Å². The molecular formula is C24H27N5O3. The molecule has 0 aliphatic rings. The zero-order valence-corrected chi connectivity index (χ0v) is 18.4. The zero-order chi connectivity index (χ0) is 23.1. The number of nitrogens with one attached hydrogen (secondary N) is 3. The first kappa shape index (κ1) is 22.8. The number of fused-ring (bicyclic) bond motifs is 1. The van der Waals surface area contributed by atoms with E-state index < -0.39 is 23.9 Å². The third-order valence-electron chi connectivity index (χ3n) is 5.03. The van der Waals surface area contributed by atoms with E-state index in [9.17, 15) is 14.9 Å². The Kier molecular flexibility index (Phi) is 7.45. The zero-order valence-electron chi connectivity index (χ0n) is 18.4. The topological polar surface area (TPSA) is 120 Å². The smallest absolute Gasteiger partial charge is 0.268 e. The third-order valence-corrected chi connectivity index (χ3v) is 5.03. The number of hydrogen-bond acceptors (Lipinski definition) is 5. The summed E-state index contributed by atoms with van der Waals surface area (Å²) in [5.74, 6) is 0.0105. The molecule has 3 aromatic rings. The second-order valence-electron chi connectivity index (χ2n) is 7.98. The maximum Gasteiger partial charge on any atom is 0.268 e. The third kappa shape index (κ3) is 5.64. The lowest BCUT2D eigenvalue weighted by molar-refractivity contribution is -0.123. The van der Waals surface area contributed by atoms with E-state index in [-0.39, 0.29) is 12.3 Å². The van der Waals surface area contributed by atoms with Crippen LogP contribution in [0.3, 0.4) is 0 Å². The molecule has 166 valence electrons. The maximum atomic E-state index is 13.0. The number of rotatable bonds is 9. The van der Waals surface area contributed by atoms with E-state index in [4.69, 9.17) is 4.74 Å². The Balaban J connectivity index is 1.73. The molecule has 2 atom stereocenters. The van der Waals surface area contributed by atoms with Crippen molar-refractivity contribution in [3.05, 3.63) is 60.0 Å². The molecule has 0 unspecified atom stereocenters. The first-order valence-electron chi connectivity index (χ1n) is 10.5. The van der Waals surface area contributed by atoms with E-state index in [0.29, 0.717) is 23.6 Å². The van der Waals surface area contributed by atoms with Crippen molar-refractivity contribution in [1.82, 2.24) is 20.6 Å². The van der Waals surface area contributed by atoms with Crippen LogP contribution in [-0.4, -0.2) is 41.0 Å². The molecule has 32 heavy (non-hydrogen) atoms. The summed E-state index contributed by atoms with van der Waals surface area (Å²) in [6.45, 7) is 3.94. The summed E-state index contributed by atoms with van der Waals surface area (Å²) >= 11 is 0. The molecule has 2 amide bonds. The van der Waals surface area contributed by atoms with Gasteiger partial charge in [-0.25, -0.2) is 0 Å². The van der Waals surface area contributed by atoms with Gasteiger partial charge in [-0.1, -0.05) is 26.0 Å². The fraction of sp³-hybridized carbons (Fsp3) is 0.333. The van der Waals surface area contributed by atoms with Crippen LogP contribution in [-0.2, 0) is 11.2 Å². The highest BCUT2D eigenvalue weighted by molar-refractivity contribution is 6.01. The predicted molar refractivity (Wildman–Crippen MR) is 121 cm³/mol. The molecule has 3 N–H and O–H groups in total. The van der Waals surface area contributed by atoms with Crippen molar-refractivity contribution >= 4 is 22.7 Å². The Morgan fingerprint density at radius 3 is 2.66 bits per heavy atom. The van der Waals surface area contributed by atoms with E-state index in [0.717, 1.165) is 10.9 Å². The second kappa shape index (κ2) is 10.4. The van der Waals surface area contributed by atoms with Crippen LogP contribution < -0.4 is 15.4 Å². The first-order valence-corrected chi connectivity index (χ1v) is 10.5. The van der Waals surface area contributed by atoms with Gasteiger partial charge >= 0.3 is 0 Å². The standard InChI is InChI=1S/C24H27N5O3/c1-15(2)11-20(23(30)27-17(14-25)12-16-7-4-5-10-26-16)29-24(31)21-13-18-19(28-21)8-6-9-22(18)32-3/h4-10,13,15,17,20,28H,11-12H2,1-3H3,(H,27,30)(H,29,31)/t17-,20-/m0/s1. The number of ether oxygens (including phenoxy) is 1. The molecule has 0 aliphatic carbocycles. The fourth-order valence-corrected chi connectivity index (χ4v) is 3.50. The Hall–Kier alpha value is -3.86. The van der Waals surface area contributed by atoms with Gasteiger partial charge in [0.25, 0.3) is 5.91 Å². The number of aromatic nitrogens is 2. The average Bonchev–Trinajstić information content (AvgIpc) is 3.23. The lowest BCUT2D eigenvalue weighted by Crippen LogP contribution is -2.50. The van der Waals surface area contributed by atoms with Gasteiger partial charge in [0.15, 0.2) is 0 Å². The molecule has 8 nitrogen and oxygen atoms in total. The average molecular weight is 434 g/mol. The van der Waals surface area contributed by atoms with Crippen LogP contribution in [0.2, 0.25) is 0 Å². The van der Waals surface area contributed by atoms with Crippen LogP contribution in [0.4, 0.5) is 0 Å². The number of nitrogens with zero attached hydrogens (tertiary/aromatic N) is 2. The Labute approximate surface area is 187 Å². The summed E-state index contributed by atoms with van der Waals surface area (Å²) in [5.41, 5.74) is 1.80. The molecule has 2 aromatic heterocycles. The summed E-state index contributed by atoms with van der Waals surface area (Å²) < 4.78 is 5.35. The summed E-state index contributed by atoms with van der Waals surface area (Å²) in [6.07, 6.45) is 2.36. The molecule has 0 spiro atoms. The van der Waals surface area contributed by atoms with Crippen LogP contribution >= 0.6 is 0 Å². The summed E-state index contributed by atoms with van der Waals surface area (Å²) in [7, 11) is 1.57. The highest BCUT2D eigenvalue weighted by Gasteiger charge is 2.25. The van der Waals surface area contributed by atoms with Gasteiger partial charge in [-0.15, -0.1) is 0 Å². The number of hydrogen-bond donors (Lipinski definition) is 3. The number of carbonyl (C=O) groups is 2. The minimum absolute atomic E-state index is 0.158. The summed E-state index contributed by atoms with van der Waals surface area (Å²) in [4.78, 5) is 33.1. The minimum Gasteiger partial charge on any atom is -0.496 e. The fourth-order valence-electron chi connectivity index (χ4n) is 3.50. The van der Waals surface area contributed by atoms with Crippen molar-refractivity contribution in [3.8, 4) is 11.8 Å². The molecule has 0 aliphatic heterocycles. The molecular weight excluding hydrogens is 406 g/mol. The van der Waals surface area contributed by atoms with Crippen molar-refractivity contribution in [2.75, 3.05) is 7.11 Å². The molecule has 0 bridgehead atoms. The van der Waals surface area contributed by atoms with Crippen molar-refractivity contribution in [2.24, 2.45) is 5.92 Å². The highest BCUT2D eigenvalue weighted by Crippen LogP contribution is 2.26. The van der Waals surface area contributed by atoms with Gasteiger partial charge in [-0.3, -0.25) is 14.6 Å². The van der Waals surface area contributed by atoms with Crippen LogP contribution in [0.25, 0.3) is 10.9 Å². The molecule has 8 heteroatoms. The van der Waals surface area contributed by atoms with Crippen molar-refractivity contribution in [2.45, 2.75) is 38.8 Å². The summed E-state index contributed by atoms with van der Waals surface area (Å²) in [6, 6.07) is 13.2. The molecule has 1 aromatic carbocycles.